The maximum atomic E-state index is 12.5. The Morgan fingerprint density at radius 1 is 0.622 bits per heavy atom. The molecule has 2 aliphatic heterocycles. The van der Waals surface area contributed by atoms with E-state index in [2.05, 4.69) is 49.9 Å². The number of primary amides is 3. The number of rotatable bonds is 32. The molecular formula is C74H147ClKN13O21S. The summed E-state index contributed by atoms with van der Waals surface area (Å²) in [4.78, 5) is 164. The molecule has 1 unspecified atom stereocenters. The van der Waals surface area contributed by atoms with Crippen LogP contribution in [0.3, 0.4) is 0 Å². The van der Waals surface area contributed by atoms with Crippen molar-refractivity contribution in [2.45, 2.75) is 320 Å². The first-order chi connectivity index (χ1) is 50.7. The number of amides is 5. The van der Waals surface area contributed by atoms with Crippen LogP contribution in [0.2, 0.25) is 0 Å². The van der Waals surface area contributed by atoms with Crippen molar-refractivity contribution in [1.29, 1.82) is 0 Å². The molecule has 2 fully saturated rings. The summed E-state index contributed by atoms with van der Waals surface area (Å²) in [6.45, 7) is 45.7. The van der Waals surface area contributed by atoms with E-state index >= 15 is 0 Å². The number of carbonyl (C=O) groups is 14. The van der Waals surface area contributed by atoms with Gasteiger partial charge < -0.3 is 89.5 Å². The molecule has 0 radical (unpaired) electrons. The van der Waals surface area contributed by atoms with Gasteiger partial charge in [0.2, 0.25) is 23.6 Å². The van der Waals surface area contributed by atoms with E-state index in [1.165, 1.54) is 13.3 Å². The van der Waals surface area contributed by atoms with E-state index in [0.717, 1.165) is 38.9 Å². The van der Waals surface area contributed by atoms with Gasteiger partial charge in [0.05, 0.1) is 60.8 Å². The number of likely N-dealkylation sites (tertiary alicyclic amines) is 2. The summed E-state index contributed by atoms with van der Waals surface area (Å²) in [5, 5.41) is 26.1. The largest absolute Gasteiger partial charge is 1.00 e. The Kier molecular flexibility index (Phi) is 84.0. The number of esters is 3. The van der Waals surface area contributed by atoms with Crippen LogP contribution >= 0.6 is 24.2 Å². The number of aliphatic imine (C=N–C) groups is 1. The molecule has 37 heteroatoms. The number of alkyl halides is 1. The zero-order valence-electron chi connectivity index (χ0n) is 72.2. The molecule has 2 saturated heterocycles. The second-order valence-corrected chi connectivity index (χ2v) is 27.9. The van der Waals surface area contributed by atoms with Gasteiger partial charge in [-0.25, -0.2) is 9.59 Å². The third-order valence-corrected chi connectivity index (χ3v) is 13.7. The fraction of sp³-hybridized carbons (Fsp3) is 0.797. The van der Waals surface area contributed by atoms with Crippen molar-refractivity contribution in [2.24, 2.45) is 45.1 Å². The number of carbonyl (C=O) groups excluding carboxylic acids is 14. The van der Waals surface area contributed by atoms with Gasteiger partial charge in [-0.1, -0.05) is 48.5 Å². The van der Waals surface area contributed by atoms with Gasteiger partial charge in [-0.05, 0) is 176 Å². The van der Waals surface area contributed by atoms with E-state index in [-0.39, 0.29) is 141 Å². The number of likely N-dealkylation sites (N-methyl/N-ethyl adjacent to an activating group) is 1. The molecule has 648 valence electrons. The number of hydrogen-bond donors (Lipinski definition) is 12. The maximum absolute atomic E-state index is 12.5. The van der Waals surface area contributed by atoms with E-state index in [1.54, 1.807) is 74.3 Å². The van der Waals surface area contributed by atoms with Crippen LogP contribution in [0.4, 0.5) is 4.79 Å². The van der Waals surface area contributed by atoms with Crippen molar-refractivity contribution in [1.82, 2.24) is 25.8 Å². The minimum Gasteiger partial charge on any atom is -0.846 e. The van der Waals surface area contributed by atoms with Crippen LogP contribution in [0.25, 0.3) is 0 Å². The standard InChI is InChI=1S/C15H29N7O4S.C13H23N3O3.C12H21NO3.C7H14O2.C6H12N2O2.C6H12O3.C6H11O3.C4H10O.2C2H6.CH3Cl.K/c1-8(21-9(6-23)3-2-4-20-15(18)19)13(25)11(7-27)22-14(26)10(16)5-12(17)24;1-3-11(17)10-5-4-6-16(10)8(2)13(19)9(14)7-12(15)18;1-5-10(14)9-7-6-8-13(9)11(15)16-12(2,3)4;1-5-6(8)9-7(2,3)4;1-4(9)5(8-2)3-6(7)10;2*1-6(2,3)9-5(8)4-7;1-3-5-4-2;3*1-2;/h6,8-11,21,27H,2-5,7,16H2,1H3,(H2,17,24)(H,22,26)(H4,18,19,20);8-10H,3-7,14H2,1-2H3,(H2,15,18);9H,5-8H2,1-4H3;5H2,1-4H3;5,8H,3H2,1-2H3,(H2,7,10);7H,4H2,1-3H3;4H2,1-3H3;3-4H2,1-2H3;2*1-2H3;1H3;/q;;;;;;-1;;;;;+1/t8?,9-,10+,11+;8-,9+,10+;9-;;5-;;;;;;;/m110.0......./s1. The molecule has 0 saturated carbocycles. The van der Waals surface area contributed by atoms with Gasteiger partial charge in [0.1, 0.15) is 46.9 Å². The Morgan fingerprint density at radius 3 is 1.35 bits per heavy atom. The summed E-state index contributed by atoms with van der Waals surface area (Å²) in [6, 6.07) is -5.60. The molecule has 34 nitrogen and oxygen atoms in total. The SMILES string of the molecule is CC.CC.CC(C)(C)OC(=O)CO.CC(C)(C)OC(=O)C[O-].CC(N[C@@H](C=O)CCCN=C(N)N)C(=O)[C@H](CS)NC(=O)[C@@H](N)CC(N)=O.CCC(=O)OC(C)(C)C.CCC(=O)[C@@H]1CCCN1C(=O)OC(C)(C)C.CCC(=O)[C@@H]1CCCN1[C@H](C)C(=O)[C@@H](N)CC(N)=O.CCOCC.CCl.CN[C@@H](CC(N)=O)C(C)=O.[K+]. The number of aliphatic hydroxyl groups is 1. The predicted molar refractivity (Wildman–Crippen MR) is 431 cm³/mol. The van der Waals surface area contributed by atoms with Gasteiger partial charge >= 0.3 is 69.4 Å². The van der Waals surface area contributed by atoms with Gasteiger partial charge in [0.25, 0.3) is 5.97 Å². The number of aliphatic hydroxyl groups excluding tert-OH is 1. The average molecular weight is 1660 g/mol. The Hall–Kier alpha value is -5.19. The van der Waals surface area contributed by atoms with Crippen molar-refractivity contribution in [3.05, 3.63) is 0 Å². The number of ether oxygens (including phenoxy) is 5. The van der Waals surface area contributed by atoms with Gasteiger partial charge in [-0.2, -0.15) is 12.6 Å². The van der Waals surface area contributed by atoms with Crippen molar-refractivity contribution in [3.8, 4) is 0 Å². The monoisotopic (exact) mass is 1660 g/mol. The molecule has 0 aromatic rings. The summed E-state index contributed by atoms with van der Waals surface area (Å²) in [7, 11) is 1.62. The van der Waals surface area contributed by atoms with Crippen LogP contribution < -0.4 is 113 Å². The fourth-order valence-electron chi connectivity index (χ4n) is 8.72. The number of ketones is 5. The smallest absolute Gasteiger partial charge is 0.846 e. The summed E-state index contributed by atoms with van der Waals surface area (Å²) in [6.07, 6.45) is 7.11. The van der Waals surface area contributed by atoms with Crippen LogP contribution in [0.1, 0.15) is 243 Å². The topological polar surface area (TPSA) is 565 Å². The predicted octanol–water partition coefficient (Wildman–Crippen LogP) is 0.467. The molecule has 0 aliphatic carbocycles. The van der Waals surface area contributed by atoms with Gasteiger partial charge in [-0.15, -0.1) is 11.6 Å². The number of guanidine groups is 1. The zero-order valence-corrected chi connectivity index (χ0v) is 77.0. The number of Topliss-reactive ketones (excluding diaryl/α,β-unsaturated/α-hetero) is 5. The molecule has 5 amide bonds. The van der Waals surface area contributed by atoms with E-state index in [4.69, 9.17) is 64.2 Å². The molecule has 0 aromatic carbocycles. The molecule has 2 aliphatic rings. The summed E-state index contributed by atoms with van der Waals surface area (Å²) in [5.74, 6) is -4.27. The Morgan fingerprint density at radius 2 is 1.04 bits per heavy atom. The molecule has 0 bridgehead atoms. The third-order valence-electron chi connectivity index (χ3n) is 13.4. The van der Waals surface area contributed by atoms with Crippen molar-refractivity contribution < 1.29 is 152 Å². The summed E-state index contributed by atoms with van der Waals surface area (Å²) < 4.78 is 24.4. The van der Waals surface area contributed by atoms with E-state index < -0.39 is 108 Å². The van der Waals surface area contributed by atoms with Gasteiger partial charge in [0, 0.05) is 70.5 Å². The molecule has 2 heterocycles. The van der Waals surface area contributed by atoms with Crippen LogP contribution in [0.15, 0.2) is 4.99 Å². The number of aldehydes is 1. The normalized spacial score (nSPS) is 15.0. The van der Waals surface area contributed by atoms with E-state index in [0.29, 0.717) is 58.0 Å². The number of halogens is 1. The Labute approximate surface area is 716 Å². The number of thiol groups is 1. The van der Waals surface area contributed by atoms with Gasteiger partial charge in [-0.3, -0.25) is 72.8 Å². The molecule has 18 N–H and O–H groups in total. The minimum absolute atomic E-state index is 0. The van der Waals surface area contributed by atoms with Crippen molar-refractivity contribution in [2.75, 3.05) is 65.2 Å². The second kappa shape index (κ2) is 73.7. The zero-order chi connectivity index (χ0) is 88.6. The number of nitrogens with one attached hydrogen (secondary N) is 3. The van der Waals surface area contributed by atoms with E-state index in [9.17, 15) is 72.2 Å². The Balaban J connectivity index is -0.000000136. The molecule has 9 atom stereocenters. The van der Waals surface area contributed by atoms with Crippen LogP contribution in [-0.2, 0) is 86.0 Å². The van der Waals surface area contributed by atoms with Gasteiger partial charge in [0.15, 0.2) is 23.3 Å². The molecule has 0 spiro atoms. The van der Waals surface area contributed by atoms with Crippen molar-refractivity contribution >= 4 is 113 Å². The maximum Gasteiger partial charge on any atom is 1.00 e. The van der Waals surface area contributed by atoms with E-state index in [1.807, 2.05) is 102 Å². The molecule has 2 rings (SSSR count). The average Bonchev–Trinajstić information content (AvgIpc) is 1.76. The summed E-state index contributed by atoms with van der Waals surface area (Å²) in [5.41, 5.74) is 34.7. The second-order valence-electron chi connectivity index (χ2n) is 27.5. The molecule has 111 heavy (non-hydrogen) atoms. The first-order valence-corrected chi connectivity index (χ1v) is 38.5. The van der Waals surface area contributed by atoms with Crippen LogP contribution in [0.5, 0.6) is 0 Å². The quantitative estimate of drug-likeness (QED) is 0.00501. The first-order valence-electron chi connectivity index (χ1n) is 37.1. The van der Waals surface area contributed by atoms with Crippen LogP contribution in [0, 0.1) is 0 Å². The molecule has 0 aromatic heterocycles. The number of nitrogens with two attached hydrogens (primary N) is 7. The molecular weight excluding hydrogens is 1510 g/mol. The fourth-order valence-corrected chi connectivity index (χ4v) is 8.99. The summed E-state index contributed by atoms with van der Waals surface area (Å²) >= 11 is 8.70. The Bertz CT molecular complexity index is 2570. The minimum atomic E-state index is -1.15. The first kappa shape index (κ1) is 127. The number of nitrogens with zero attached hydrogens (tertiary/aromatic N) is 3. The van der Waals surface area contributed by atoms with Crippen molar-refractivity contribution in [3.63, 3.8) is 0 Å². The van der Waals surface area contributed by atoms with Crippen LogP contribution in [-0.4, -0.2) is 246 Å². The number of hydrogen-bond acceptors (Lipinski definition) is 28. The third kappa shape index (κ3) is 77.2.